The van der Waals surface area contributed by atoms with Crippen LogP contribution in [0.2, 0.25) is 0 Å². The maximum atomic E-state index is 12.6. The Bertz CT molecular complexity index is 856. The fraction of sp³-hybridized carbons (Fsp3) is 0.273. The minimum atomic E-state index is -0.976. The van der Waals surface area contributed by atoms with Crippen molar-refractivity contribution in [1.29, 1.82) is 0 Å². The minimum absolute atomic E-state index is 0.206. The van der Waals surface area contributed by atoms with Crippen LogP contribution in [0.3, 0.4) is 0 Å². The van der Waals surface area contributed by atoms with Crippen LogP contribution in [0.25, 0.3) is 0 Å². The van der Waals surface area contributed by atoms with Gasteiger partial charge in [-0.15, -0.1) is 0 Å². The van der Waals surface area contributed by atoms with Gasteiger partial charge >= 0.3 is 5.97 Å². The van der Waals surface area contributed by atoms with Gasteiger partial charge in [-0.05, 0) is 24.6 Å². The number of nitrogens with one attached hydrogen (secondary N) is 3. The molecular formula is C22H25N3O5. The van der Waals surface area contributed by atoms with Crippen molar-refractivity contribution < 1.29 is 23.9 Å². The van der Waals surface area contributed by atoms with E-state index >= 15 is 0 Å². The van der Waals surface area contributed by atoms with Crippen LogP contribution in [-0.2, 0) is 25.5 Å². The maximum Gasteiger partial charge on any atom is 0.329 e. The van der Waals surface area contributed by atoms with Gasteiger partial charge in [0.1, 0.15) is 6.04 Å². The number of likely N-dealkylation sites (N-methyl/N-ethyl adjacent to an activating group) is 1. The van der Waals surface area contributed by atoms with Gasteiger partial charge in [-0.1, -0.05) is 48.5 Å². The lowest BCUT2D eigenvalue weighted by Crippen LogP contribution is -2.45. The molecule has 8 heteroatoms. The Morgan fingerprint density at radius 2 is 1.50 bits per heavy atom. The lowest BCUT2D eigenvalue weighted by Gasteiger charge is -2.18. The third-order valence-electron chi connectivity index (χ3n) is 4.07. The number of hydrogen-bond donors (Lipinski definition) is 3. The number of carbonyl (C=O) groups excluding carboxylic acids is 4. The van der Waals surface area contributed by atoms with E-state index in [1.807, 2.05) is 30.3 Å². The van der Waals surface area contributed by atoms with Crippen LogP contribution in [0.5, 0.6) is 0 Å². The molecule has 158 valence electrons. The SMILES string of the molecule is CCNC(=O)CNC(=O)COC(=O)[C@@H](Cc1ccccc1)NC(=O)c1ccccc1. The van der Waals surface area contributed by atoms with Crippen LogP contribution < -0.4 is 16.0 Å². The van der Waals surface area contributed by atoms with E-state index in [1.54, 1.807) is 37.3 Å². The van der Waals surface area contributed by atoms with Crippen molar-refractivity contribution in [2.24, 2.45) is 0 Å². The molecule has 0 radical (unpaired) electrons. The van der Waals surface area contributed by atoms with Gasteiger partial charge in [0.25, 0.3) is 11.8 Å². The van der Waals surface area contributed by atoms with Gasteiger partial charge < -0.3 is 20.7 Å². The van der Waals surface area contributed by atoms with Gasteiger partial charge in [-0.2, -0.15) is 0 Å². The van der Waals surface area contributed by atoms with Gasteiger partial charge in [-0.3, -0.25) is 14.4 Å². The molecule has 0 bridgehead atoms. The van der Waals surface area contributed by atoms with Gasteiger partial charge in [0.2, 0.25) is 5.91 Å². The van der Waals surface area contributed by atoms with Gasteiger partial charge in [0, 0.05) is 18.5 Å². The summed E-state index contributed by atoms with van der Waals surface area (Å²) in [7, 11) is 0. The van der Waals surface area contributed by atoms with E-state index in [4.69, 9.17) is 4.74 Å². The summed E-state index contributed by atoms with van der Waals surface area (Å²) in [5.41, 5.74) is 1.23. The quantitative estimate of drug-likeness (QED) is 0.501. The summed E-state index contributed by atoms with van der Waals surface area (Å²) in [6.07, 6.45) is 0.207. The third kappa shape index (κ3) is 7.75. The van der Waals surface area contributed by atoms with Crippen molar-refractivity contribution >= 4 is 23.7 Å². The van der Waals surface area contributed by atoms with E-state index in [9.17, 15) is 19.2 Å². The van der Waals surface area contributed by atoms with Crippen LogP contribution in [0.1, 0.15) is 22.8 Å². The van der Waals surface area contributed by atoms with Gasteiger partial charge in [0.15, 0.2) is 6.61 Å². The summed E-state index contributed by atoms with van der Waals surface area (Å²) in [6, 6.07) is 16.7. The van der Waals surface area contributed by atoms with Crippen molar-refractivity contribution in [3.8, 4) is 0 Å². The predicted octanol–water partition coefficient (Wildman–Crippen LogP) is 0.823. The van der Waals surface area contributed by atoms with Crippen molar-refractivity contribution in [1.82, 2.24) is 16.0 Å². The highest BCUT2D eigenvalue weighted by atomic mass is 16.5. The topological polar surface area (TPSA) is 114 Å². The van der Waals surface area contributed by atoms with Gasteiger partial charge in [0.05, 0.1) is 6.54 Å². The Morgan fingerprint density at radius 1 is 0.867 bits per heavy atom. The zero-order valence-corrected chi connectivity index (χ0v) is 16.7. The Labute approximate surface area is 175 Å². The Balaban J connectivity index is 1.97. The molecule has 0 saturated heterocycles. The van der Waals surface area contributed by atoms with Crippen molar-refractivity contribution in [3.05, 3.63) is 71.8 Å². The Kier molecular flexibility index (Phi) is 9.05. The molecule has 0 aliphatic carbocycles. The Morgan fingerprint density at radius 3 is 2.13 bits per heavy atom. The molecule has 0 aromatic heterocycles. The largest absolute Gasteiger partial charge is 0.454 e. The second kappa shape index (κ2) is 12.0. The van der Waals surface area contributed by atoms with Gasteiger partial charge in [-0.25, -0.2) is 4.79 Å². The molecule has 8 nitrogen and oxygen atoms in total. The molecular weight excluding hydrogens is 386 g/mol. The monoisotopic (exact) mass is 411 g/mol. The molecule has 0 heterocycles. The molecule has 1 atom stereocenters. The van der Waals surface area contributed by atoms with Crippen molar-refractivity contribution in [3.63, 3.8) is 0 Å². The average molecular weight is 411 g/mol. The molecule has 3 N–H and O–H groups in total. The molecule has 0 spiro atoms. The molecule has 2 rings (SSSR count). The highest BCUT2D eigenvalue weighted by molar-refractivity contribution is 5.97. The number of esters is 1. The number of ether oxygens (including phenoxy) is 1. The van der Waals surface area contributed by atoms with E-state index in [1.165, 1.54) is 0 Å². The summed E-state index contributed by atoms with van der Waals surface area (Å²) in [4.78, 5) is 48.2. The molecule has 0 aliphatic rings. The maximum absolute atomic E-state index is 12.6. The highest BCUT2D eigenvalue weighted by Gasteiger charge is 2.24. The lowest BCUT2D eigenvalue weighted by molar-refractivity contribution is -0.150. The predicted molar refractivity (Wildman–Crippen MR) is 110 cm³/mol. The summed E-state index contributed by atoms with van der Waals surface area (Å²) in [6.45, 7) is 1.46. The van der Waals surface area contributed by atoms with Crippen LogP contribution in [0.15, 0.2) is 60.7 Å². The first-order valence-corrected chi connectivity index (χ1v) is 9.59. The van der Waals surface area contributed by atoms with Crippen molar-refractivity contribution in [2.45, 2.75) is 19.4 Å². The smallest absolute Gasteiger partial charge is 0.329 e. The molecule has 3 amide bonds. The van der Waals surface area contributed by atoms with E-state index < -0.39 is 30.4 Å². The second-order valence-electron chi connectivity index (χ2n) is 6.42. The highest BCUT2D eigenvalue weighted by Crippen LogP contribution is 2.07. The van der Waals surface area contributed by atoms with E-state index in [0.717, 1.165) is 5.56 Å². The summed E-state index contributed by atoms with van der Waals surface area (Å²) >= 11 is 0. The fourth-order valence-electron chi connectivity index (χ4n) is 2.60. The first-order valence-electron chi connectivity index (χ1n) is 9.59. The minimum Gasteiger partial charge on any atom is -0.454 e. The summed E-state index contributed by atoms with van der Waals surface area (Å²) < 4.78 is 5.07. The lowest BCUT2D eigenvalue weighted by atomic mass is 10.1. The standard InChI is InChI=1S/C22H25N3O5/c1-2-23-19(26)14-24-20(27)15-30-22(29)18(13-16-9-5-3-6-10-16)25-21(28)17-11-7-4-8-12-17/h3-12,18H,2,13-15H2,1H3,(H,23,26)(H,24,27)(H,25,28)/t18-/m1/s1. The van der Waals surface area contributed by atoms with Crippen LogP contribution >= 0.6 is 0 Å². The molecule has 0 saturated carbocycles. The van der Waals surface area contributed by atoms with Crippen molar-refractivity contribution in [2.75, 3.05) is 19.7 Å². The second-order valence-corrected chi connectivity index (χ2v) is 6.42. The molecule has 0 aliphatic heterocycles. The molecule has 0 unspecified atom stereocenters. The van der Waals surface area contributed by atoms with E-state index in [0.29, 0.717) is 12.1 Å². The molecule has 0 fully saturated rings. The Hall–Kier alpha value is -3.68. The molecule has 30 heavy (non-hydrogen) atoms. The normalized spacial score (nSPS) is 11.1. The number of carbonyl (C=O) groups is 4. The van der Waals surface area contributed by atoms with Crippen LogP contribution in [-0.4, -0.2) is 49.4 Å². The number of rotatable bonds is 10. The number of hydrogen-bond acceptors (Lipinski definition) is 5. The summed E-state index contributed by atoms with van der Waals surface area (Å²) in [5, 5.41) is 7.56. The van der Waals surface area contributed by atoms with Crippen LogP contribution in [0, 0.1) is 0 Å². The first kappa shape index (κ1) is 22.6. The summed E-state index contributed by atoms with van der Waals surface area (Å²) in [5.74, 6) is -2.11. The van der Waals surface area contributed by atoms with E-state index in [2.05, 4.69) is 16.0 Å². The van der Waals surface area contributed by atoms with Crippen LogP contribution in [0.4, 0.5) is 0 Å². The van der Waals surface area contributed by atoms with E-state index in [-0.39, 0.29) is 18.9 Å². The third-order valence-corrected chi connectivity index (χ3v) is 4.07. The molecule has 2 aromatic carbocycles. The number of benzene rings is 2. The fourth-order valence-corrected chi connectivity index (χ4v) is 2.60. The average Bonchev–Trinajstić information content (AvgIpc) is 2.77. The molecule has 2 aromatic rings. The zero-order chi connectivity index (χ0) is 21.8. The first-order chi connectivity index (χ1) is 14.5. The number of amides is 3. The zero-order valence-electron chi connectivity index (χ0n) is 16.7.